The van der Waals surface area contributed by atoms with Crippen molar-refractivity contribution in [3.05, 3.63) is 36.2 Å². The second-order valence-electron chi connectivity index (χ2n) is 4.88. The maximum Gasteiger partial charge on any atom is 0.320 e. The molecule has 1 aliphatic rings. The molecule has 0 radical (unpaired) electrons. The fourth-order valence-corrected chi connectivity index (χ4v) is 2.17. The fourth-order valence-electron chi connectivity index (χ4n) is 2.17. The molecule has 1 fully saturated rings. The summed E-state index contributed by atoms with van der Waals surface area (Å²) in [7, 11) is 0. The normalized spacial score (nSPS) is 16.0. The molecule has 2 N–H and O–H groups in total. The Bertz CT molecular complexity index is 594. The molecule has 104 valence electrons. The Balaban J connectivity index is 1.72. The van der Waals surface area contributed by atoms with Gasteiger partial charge in [-0.05, 0) is 41.3 Å². The van der Waals surface area contributed by atoms with Crippen LogP contribution in [0.3, 0.4) is 0 Å². The number of rotatable bonds is 6. The lowest BCUT2D eigenvalue weighted by molar-refractivity contribution is -0.140. The molecule has 1 aromatic heterocycles. The van der Waals surface area contributed by atoms with E-state index in [9.17, 15) is 9.90 Å². The number of para-hydroxylation sites is 1. The number of benzene rings is 1. The molecular weight excluding hydrogens is 258 g/mol. The first-order valence-corrected chi connectivity index (χ1v) is 6.54. The van der Waals surface area contributed by atoms with E-state index in [0.29, 0.717) is 12.4 Å². The number of hydrogen-bond acceptors (Lipinski definition) is 5. The highest BCUT2D eigenvalue weighted by molar-refractivity contribution is 5.74. The van der Waals surface area contributed by atoms with E-state index in [4.69, 9.17) is 0 Å². The lowest BCUT2D eigenvalue weighted by Gasteiger charge is -2.13. The van der Waals surface area contributed by atoms with Crippen LogP contribution in [0.1, 0.15) is 18.7 Å². The van der Waals surface area contributed by atoms with E-state index >= 15 is 0 Å². The van der Waals surface area contributed by atoms with Gasteiger partial charge in [-0.25, -0.2) is 0 Å². The molecule has 3 rings (SSSR count). The second kappa shape index (κ2) is 5.38. The molecule has 0 spiro atoms. The van der Waals surface area contributed by atoms with Gasteiger partial charge in [-0.15, -0.1) is 5.10 Å². The van der Waals surface area contributed by atoms with Crippen LogP contribution in [0.4, 0.5) is 0 Å². The Hall–Kier alpha value is -2.28. The van der Waals surface area contributed by atoms with Crippen molar-refractivity contribution in [2.45, 2.75) is 25.4 Å². The third-order valence-corrected chi connectivity index (χ3v) is 3.37. The molecule has 1 unspecified atom stereocenters. The summed E-state index contributed by atoms with van der Waals surface area (Å²) >= 11 is 0. The second-order valence-corrected chi connectivity index (χ2v) is 4.88. The topological polar surface area (TPSA) is 92.9 Å². The van der Waals surface area contributed by atoms with Crippen LogP contribution < -0.4 is 5.32 Å². The summed E-state index contributed by atoms with van der Waals surface area (Å²) in [5.41, 5.74) is 0.854. The number of aliphatic carboxylic acids is 1. The number of tetrazole rings is 1. The highest BCUT2D eigenvalue weighted by Gasteiger charge is 2.36. The molecule has 0 bridgehead atoms. The molecule has 2 aromatic rings. The maximum absolute atomic E-state index is 11.2. The highest BCUT2D eigenvalue weighted by Crippen LogP contribution is 2.32. The lowest BCUT2D eigenvalue weighted by atomic mass is 10.2. The van der Waals surface area contributed by atoms with E-state index in [-0.39, 0.29) is 5.92 Å². The van der Waals surface area contributed by atoms with Gasteiger partial charge < -0.3 is 5.11 Å². The average Bonchev–Trinajstić information content (AvgIpc) is 3.17. The first-order valence-electron chi connectivity index (χ1n) is 6.54. The van der Waals surface area contributed by atoms with E-state index in [1.54, 1.807) is 4.68 Å². The molecule has 0 saturated heterocycles. The zero-order chi connectivity index (χ0) is 13.9. The SMILES string of the molecule is O=C(O)C(NCc1nnnn1-c1ccccc1)C1CC1. The lowest BCUT2D eigenvalue weighted by Crippen LogP contribution is -2.38. The predicted molar refractivity (Wildman–Crippen MR) is 70.1 cm³/mol. The Kier molecular flexibility index (Phi) is 3.42. The average molecular weight is 273 g/mol. The van der Waals surface area contributed by atoms with E-state index in [0.717, 1.165) is 18.5 Å². The zero-order valence-electron chi connectivity index (χ0n) is 10.8. The van der Waals surface area contributed by atoms with Gasteiger partial charge in [0.05, 0.1) is 12.2 Å². The smallest absolute Gasteiger partial charge is 0.320 e. The summed E-state index contributed by atoms with van der Waals surface area (Å²) < 4.78 is 1.61. The third kappa shape index (κ3) is 2.67. The largest absolute Gasteiger partial charge is 0.480 e. The van der Waals surface area contributed by atoms with Crippen molar-refractivity contribution in [1.82, 2.24) is 25.5 Å². The number of aromatic nitrogens is 4. The highest BCUT2D eigenvalue weighted by atomic mass is 16.4. The van der Waals surface area contributed by atoms with E-state index < -0.39 is 12.0 Å². The van der Waals surface area contributed by atoms with Crippen LogP contribution >= 0.6 is 0 Å². The number of carboxylic acids is 1. The minimum atomic E-state index is -0.814. The summed E-state index contributed by atoms with van der Waals surface area (Å²) in [6, 6.07) is 9.00. The van der Waals surface area contributed by atoms with Crippen LogP contribution in [0.2, 0.25) is 0 Å². The van der Waals surface area contributed by atoms with Crippen LogP contribution in [-0.4, -0.2) is 37.3 Å². The van der Waals surface area contributed by atoms with Crippen molar-refractivity contribution in [2.24, 2.45) is 5.92 Å². The minimum absolute atomic E-state index is 0.230. The van der Waals surface area contributed by atoms with Gasteiger partial charge in [0.1, 0.15) is 6.04 Å². The molecule has 1 atom stereocenters. The predicted octanol–water partition coefficient (Wildman–Crippen LogP) is 0.615. The van der Waals surface area contributed by atoms with Gasteiger partial charge in [-0.3, -0.25) is 10.1 Å². The molecule has 7 heteroatoms. The monoisotopic (exact) mass is 273 g/mol. The first kappa shape index (κ1) is 12.7. The standard InChI is InChI=1S/C13H15N5O2/c19-13(20)12(9-6-7-9)14-8-11-15-16-17-18(11)10-4-2-1-3-5-10/h1-5,9,12,14H,6-8H2,(H,19,20). The third-order valence-electron chi connectivity index (χ3n) is 3.37. The molecule has 1 saturated carbocycles. The molecule has 1 aliphatic carbocycles. The summed E-state index contributed by atoms with van der Waals surface area (Å²) in [6.45, 7) is 0.329. The Labute approximate surface area is 115 Å². The van der Waals surface area contributed by atoms with E-state index in [2.05, 4.69) is 20.8 Å². The molecule has 7 nitrogen and oxygen atoms in total. The van der Waals surface area contributed by atoms with Gasteiger partial charge >= 0.3 is 5.97 Å². The van der Waals surface area contributed by atoms with Gasteiger partial charge in [0.2, 0.25) is 0 Å². The zero-order valence-corrected chi connectivity index (χ0v) is 10.8. The number of carbonyl (C=O) groups is 1. The van der Waals surface area contributed by atoms with Crippen molar-refractivity contribution in [2.75, 3.05) is 0 Å². The Morgan fingerprint density at radius 2 is 2.15 bits per heavy atom. The van der Waals surface area contributed by atoms with E-state index in [1.165, 1.54) is 0 Å². The molecule has 0 amide bonds. The van der Waals surface area contributed by atoms with E-state index in [1.807, 2.05) is 30.3 Å². The van der Waals surface area contributed by atoms with Crippen molar-refractivity contribution in [1.29, 1.82) is 0 Å². The van der Waals surface area contributed by atoms with Crippen LogP contribution in [0.5, 0.6) is 0 Å². The van der Waals surface area contributed by atoms with Gasteiger partial charge in [0.25, 0.3) is 0 Å². The number of hydrogen-bond donors (Lipinski definition) is 2. The number of nitrogens with one attached hydrogen (secondary N) is 1. The van der Waals surface area contributed by atoms with Crippen molar-refractivity contribution >= 4 is 5.97 Å². The molecular formula is C13H15N5O2. The van der Waals surface area contributed by atoms with Crippen molar-refractivity contribution in [3.63, 3.8) is 0 Å². The summed E-state index contributed by atoms with van der Waals surface area (Å²) in [4.78, 5) is 11.2. The minimum Gasteiger partial charge on any atom is -0.480 e. The van der Waals surface area contributed by atoms with Gasteiger partial charge in [-0.2, -0.15) is 4.68 Å². The Morgan fingerprint density at radius 1 is 1.40 bits per heavy atom. The van der Waals surface area contributed by atoms with Gasteiger partial charge in [-0.1, -0.05) is 18.2 Å². The maximum atomic E-state index is 11.2. The quantitative estimate of drug-likeness (QED) is 0.801. The number of carboxylic acid groups (broad SMARTS) is 1. The summed E-state index contributed by atoms with van der Waals surface area (Å²) in [5, 5.41) is 23.8. The van der Waals surface area contributed by atoms with Crippen LogP contribution in [0.25, 0.3) is 5.69 Å². The van der Waals surface area contributed by atoms with Crippen LogP contribution in [0.15, 0.2) is 30.3 Å². The first-order chi connectivity index (χ1) is 9.75. The summed E-state index contributed by atoms with van der Waals surface area (Å²) in [5.74, 6) is 0.0166. The van der Waals surface area contributed by atoms with Gasteiger partial charge in [0, 0.05) is 0 Å². The number of nitrogens with zero attached hydrogens (tertiary/aromatic N) is 4. The molecule has 1 aromatic carbocycles. The fraction of sp³-hybridized carbons (Fsp3) is 0.385. The van der Waals surface area contributed by atoms with Crippen molar-refractivity contribution in [3.8, 4) is 5.69 Å². The van der Waals surface area contributed by atoms with Crippen LogP contribution in [-0.2, 0) is 11.3 Å². The molecule has 0 aliphatic heterocycles. The van der Waals surface area contributed by atoms with Crippen molar-refractivity contribution < 1.29 is 9.90 Å². The van der Waals surface area contributed by atoms with Crippen LogP contribution in [0, 0.1) is 5.92 Å². The summed E-state index contributed by atoms with van der Waals surface area (Å²) in [6.07, 6.45) is 1.93. The van der Waals surface area contributed by atoms with Gasteiger partial charge in [0.15, 0.2) is 5.82 Å². The molecule has 1 heterocycles. The molecule has 20 heavy (non-hydrogen) atoms. The Morgan fingerprint density at radius 3 is 2.80 bits per heavy atom.